The summed E-state index contributed by atoms with van der Waals surface area (Å²) in [6, 6.07) is -0.459. The smallest absolute Gasteiger partial charge is 0.422 e. The van der Waals surface area contributed by atoms with Crippen molar-refractivity contribution >= 4 is 12.1 Å². The van der Waals surface area contributed by atoms with Gasteiger partial charge in [0, 0.05) is 0 Å². The molecule has 2 aliphatic heterocycles. The molecule has 0 aliphatic carbocycles. The van der Waals surface area contributed by atoms with Crippen LogP contribution in [0.2, 0.25) is 0 Å². The Bertz CT molecular complexity index is 459. The van der Waals surface area contributed by atoms with Gasteiger partial charge in [-0.2, -0.15) is 0 Å². The van der Waals surface area contributed by atoms with Crippen LogP contribution in [-0.2, 0) is 23.7 Å². The number of carbonyl (C=O) groups excluding carboxylic acids is 2. The van der Waals surface area contributed by atoms with Crippen LogP contribution in [0.5, 0.6) is 0 Å². The lowest BCUT2D eigenvalue weighted by Crippen LogP contribution is -2.56. The minimum absolute atomic E-state index is 0.304. The summed E-state index contributed by atoms with van der Waals surface area (Å²) < 4.78 is 21.6. The van der Waals surface area contributed by atoms with E-state index in [1.54, 1.807) is 34.6 Å². The van der Waals surface area contributed by atoms with Crippen LogP contribution in [0, 0.1) is 5.92 Å². The highest BCUT2D eigenvalue weighted by atomic mass is 16.7. The van der Waals surface area contributed by atoms with E-state index in [4.69, 9.17) is 18.9 Å². The van der Waals surface area contributed by atoms with Gasteiger partial charge in [-0.25, -0.2) is 10.2 Å². The van der Waals surface area contributed by atoms with Crippen molar-refractivity contribution in [1.82, 2.24) is 10.9 Å². The van der Waals surface area contributed by atoms with E-state index in [9.17, 15) is 9.59 Å². The van der Waals surface area contributed by atoms with Gasteiger partial charge in [0.15, 0.2) is 5.79 Å². The second-order valence-corrected chi connectivity index (χ2v) is 7.23. The van der Waals surface area contributed by atoms with Gasteiger partial charge in [-0.1, -0.05) is 0 Å². The summed E-state index contributed by atoms with van der Waals surface area (Å²) in [5.74, 6) is -1.44. The Labute approximate surface area is 136 Å². The molecule has 8 heteroatoms. The summed E-state index contributed by atoms with van der Waals surface area (Å²) in [5.41, 5.74) is 4.74. The topological polar surface area (TPSA) is 95.1 Å². The van der Waals surface area contributed by atoms with Crippen molar-refractivity contribution in [1.29, 1.82) is 0 Å². The Morgan fingerprint density at radius 3 is 2.57 bits per heavy atom. The fourth-order valence-electron chi connectivity index (χ4n) is 2.63. The summed E-state index contributed by atoms with van der Waals surface area (Å²) >= 11 is 0. The molecule has 0 bridgehead atoms. The van der Waals surface area contributed by atoms with E-state index in [1.807, 2.05) is 0 Å². The molecule has 23 heavy (non-hydrogen) atoms. The standard InChI is InChI=1S/C15H26N2O6/c1-14(2,3)23-13(19)17-16-11(9-6-7-20-12(9)18)10-8-21-15(4,5)22-10/h9-11,16H,6-8H2,1-5H3,(H,17,19)/t9-,10?,11?/m0/s1. The number of nitrogens with one attached hydrogen (secondary N) is 2. The summed E-state index contributed by atoms with van der Waals surface area (Å²) in [5, 5.41) is 0. The van der Waals surface area contributed by atoms with Gasteiger partial charge in [-0.15, -0.1) is 0 Å². The van der Waals surface area contributed by atoms with Crippen LogP contribution in [0.15, 0.2) is 0 Å². The molecule has 0 aromatic rings. The number of esters is 1. The quantitative estimate of drug-likeness (QED) is 0.588. The average Bonchev–Trinajstić information content (AvgIpc) is 2.94. The molecule has 0 aromatic carbocycles. The zero-order chi connectivity index (χ0) is 17.3. The molecule has 0 radical (unpaired) electrons. The van der Waals surface area contributed by atoms with Gasteiger partial charge in [0.05, 0.1) is 25.2 Å². The molecule has 2 aliphatic rings. The number of rotatable bonds is 4. The Kier molecular flexibility index (Phi) is 5.17. The van der Waals surface area contributed by atoms with Crippen molar-refractivity contribution in [2.45, 2.75) is 64.6 Å². The Hall–Kier alpha value is -1.38. The van der Waals surface area contributed by atoms with Crippen LogP contribution < -0.4 is 10.9 Å². The van der Waals surface area contributed by atoms with Crippen molar-refractivity contribution in [3.05, 3.63) is 0 Å². The van der Waals surface area contributed by atoms with Gasteiger partial charge in [0.25, 0.3) is 0 Å². The van der Waals surface area contributed by atoms with Crippen molar-refractivity contribution < 1.29 is 28.5 Å². The Morgan fingerprint density at radius 2 is 2.09 bits per heavy atom. The highest BCUT2D eigenvalue weighted by Crippen LogP contribution is 2.29. The molecule has 132 valence electrons. The number of hydrogen-bond acceptors (Lipinski definition) is 7. The molecule has 2 N–H and O–H groups in total. The largest absolute Gasteiger partial charge is 0.465 e. The second kappa shape index (κ2) is 6.62. The molecule has 0 aromatic heterocycles. The Balaban J connectivity index is 2.00. The van der Waals surface area contributed by atoms with Gasteiger partial charge in [0.1, 0.15) is 11.7 Å². The van der Waals surface area contributed by atoms with E-state index in [0.717, 1.165) is 0 Å². The van der Waals surface area contributed by atoms with E-state index in [2.05, 4.69) is 10.9 Å². The lowest BCUT2D eigenvalue weighted by atomic mass is 9.94. The number of ether oxygens (including phenoxy) is 4. The first kappa shape index (κ1) is 18.0. The molecule has 1 amide bonds. The summed E-state index contributed by atoms with van der Waals surface area (Å²) in [7, 11) is 0. The lowest BCUT2D eigenvalue weighted by molar-refractivity contribution is -0.151. The highest BCUT2D eigenvalue weighted by Gasteiger charge is 2.45. The fourth-order valence-corrected chi connectivity index (χ4v) is 2.63. The minimum Gasteiger partial charge on any atom is -0.465 e. The van der Waals surface area contributed by atoms with Crippen LogP contribution in [-0.4, -0.2) is 48.8 Å². The van der Waals surface area contributed by atoms with E-state index in [1.165, 1.54) is 0 Å². The minimum atomic E-state index is -0.723. The molecule has 3 atom stereocenters. The van der Waals surface area contributed by atoms with Gasteiger partial charge < -0.3 is 18.9 Å². The first-order valence-electron chi connectivity index (χ1n) is 7.80. The van der Waals surface area contributed by atoms with Gasteiger partial charge in [0.2, 0.25) is 0 Å². The van der Waals surface area contributed by atoms with Crippen LogP contribution in [0.25, 0.3) is 0 Å². The van der Waals surface area contributed by atoms with Gasteiger partial charge >= 0.3 is 12.1 Å². The van der Waals surface area contributed by atoms with E-state index in [-0.39, 0.29) is 12.1 Å². The normalized spacial score (nSPS) is 28.3. The molecule has 2 fully saturated rings. The zero-order valence-corrected chi connectivity index (χ0v) is 14.3. The molecular weight excluding hydrogens is 304 g/mol. The molecule has 8 nitrogen and oxygen atoms in total. The monoisotopic (exact) mass is 330 g/mol. The third-order valence-corrected chi connectivity index (χ3v) is 3.58. The predicted molar refractivity (Wildman–Crippen MR) is 80.3 cm³/mol. The molecular formula is C15H26N2O6. The third-order valence-electron chi connectivity index (χ3n) is 3.58. The van der Waals surface area contributed by atoms with Crippen molar-refractivity contribution in [2.75, 3.05) is 13.2 Å². The molecule has 0 saturated carbocycles. The highest BCUT2D eigenvalue weighted by molar-refractivity contribution is 5.75. The maximum atomic E-state index is 11.9. The van der Waals surface area contributed by atoms with E-state index < -0.39 is 29.4 Å². The molecule has 2 saturated heterocycles. The van der Waals surface area contributed by atoms with Crippen molar-refractivity contribution in [3.8, 4) is 0 Å². The first-order chi connectivity index (χ1) is 10.6. The lowest BCUT2D eigenvalue weighted by Gasteiger charge is -2.28. The molecule has 2 heterocycles. The fraction of sp³-hybridized carbons (Fsp3) is 0.867. The van der Waals surface area contributed by atoms with E-state index in [0.29, 0.717) is 19.6 Å². The van der Waals surface area contributed by atoms with E-state index >= 15 is 0 Å². The maximum Gasteiger partial charge on any atom is 0.422 e. The molecule has 2 rings (SSSR count). The number of carbonyl (C=O) groups is 2. The van der Waals surface area contributed by atoms with Crippen LogP contribution in [0.1, 0.15) is 41.0 Å². The van der Waals surface area contributed by atoms with Crippen molar-refractivity contribution in [2.24, 2.45) is 5.92 Å². The number of amides is 1. The summed E-state index contributed by atoms with van der Waals surface area (Å²) in [6.07, 6.45) is -0.435. The van der Waals surface area contributed by atoms with Crippen LogP contribution >= 0.6 is 0 Å². The zero-order valence-electron chi connectivity index (χ0n) is 14.3. The van der Waals surface area contributed by atoms with Gasteiger partial charge in [-0.3, -0.25) is 10.2 Å². The number of hydrazine groups is 1. The van der Waals surface area contributed by atoms with Crippen molar-refractivity contribution in [3.63, 3.8) is 0 Å². The second-order valence-electron chi connectivity index (χ2n) is 7.23. The Morgan fingerprint density at radius 1 is 1.39 bits per heavy atom. The maximum absolute atomic E-state index is 11.9. The number of cyclic esters (lactones) is 1. The number of hydrogen-bond donors (Lipinski definition) is 2. The van der Waals surface area contributed by atoms with Crippen LogP contribution in [0.3, 0.4) is 0 Å². The van der Waals surface area contributed by atoms with Crippen LogP contribution in [0.4, 0.5) is 4.79 Å². The third kappa shape index (κ3) is 5.05. The van der Waals surface area contributed by atoms with Gasteiger partial charge in [-0.05, 0) is 41.0 Å². The molecule has 2 unspecified atom stereocenters. The molecule has 0 spiro atoms. The summed E-state index contributed by atoms with van der Waals surface area (Å²) in [6.45, 7) is 9.62. The average molecular weight is 330 g/mol. The SMILES string of the molecule is CC(C)(C)OC(=O)NNC(C1COC(C)(C)O1)[C@@H]1CCOC1=O. The first-order valence-corrected chi connectivity index (χ1v) is 7.80. The summed E-state index contributed by atoms with van der Waals surface area (Å²) in [4.78, 5) is 23.7. The predicted octanol–water partition coefficient (Wildman–Crippen LogP) is 1.10.